The average Bonchev–Trinajstić information content (AvgIpc) is 3.46. The topological polar surface area (TPSA) is 103 Å². The minimum atomic E-state index is -0.557. The fourth-order valence-electron chi connectivity index (χ4n) is 6.20. The van der Waals surface area contributed by atoms with E-state index in [2.05, 4.69) is 39.2 Å². The van der Waals surface area contributed by atoms with E-state index in [0.717, 1.165) is 38.4 Å². The van der Waals surface area contributed by atoms with E-state index in [1.807, 2.05) is 4.90 Å². The van der Waals surface area contributed by atoms with E-state index < -0.39 is 5.82 Å². The smallest absolute Gasteiger partial charge is 0.272 e. The van der Waals surface area contributed by atoms with Crippen LogP contribution in [0.4, 0.5) is 8.78 Å². The zero-order valence-corrected chi connectivity index (χ0v) is 22.2. The number of rotatable bonds is 7. The number of aromatic amines is 1. The number of aromatic nitrogens is 3. The van der Waals surface area contributed by atoms with E-state index in [4.69, 9.17) is 4.74 Å². The summed E-state index contributed by atoms with van der Waals surface area (Å²) in [4.78, 5) is 34.5. The molecule has 2 aromatic rings. The molecule has 2 N–H and O–H groups in total. The molecule has 3 fully saturated rings. The Morgan fingerprint density at radius 2 is 2.00 bits per heavy atom. The van der Waals surface area contributed by atoms with Gasteiger partial charge < -0.3 is 15.0 Å². The Morgan fingerprint density at radius 1 is 1.21 bits per heavy atom. The van der Waals surface area contributed by atoms with Crippen LogP contribution in [0.3, 0.4) is 0 Å². The van der Waals surface area contributed by atoms with Gasteiger partial charge in [0.1, 0.15) is 12.4 Å². The zero-order valence-electron chi connectivity index (χ0n) is 22.2. The lowest BCUT2D eigenvalue weighted by Crippen LogP contribution is -2.57. The number of methoxy groups -OCH3 is 1. The number of pyridine rings is 1. The summed E-state index contributed by atoms with van der Waals surface area (Å²) in [6.45, 7) is 5.50. The van der Waals surface area contributed by atoms with Gasteiger partial charge >= 0.3 is 0 Å². The number of hydrogen-bond acceptors (Lipinski definition) is 6. The quantitative estimate of drug-likeness (QED) is 0.569. The fraction of sp³-hybridized carbons (Fsp3) is 0.630. The van der Waals surface area contributed by atoms with Gasteiger partial charge in [-0.2, -0.15) is 5.10 Å². The van der Waals surface area contributed by atoms with Gasteiger partial charge in [0.2, 0.25) is 11.8 Å². The first kappa shape index (κ1) is 26.5. The summed E-state index contributed by atoms with van der Waals surface area (Å²) in [6.07, 6.45) is 5.58. The predicted octanol–water partition coefficient (Wildman–Crippen LogP) is 3.33. The molecule has 9 nitrogen and oxygen atoms in total. The van der Waals surface area contributed by atoms with Crippen LogP contribution in [-0.4, -0.2) is 87.3 Å². The molecule has 11 heteroatoms. The number of nitrogens with zero attached hydrogens (tertiary/aromatic N) is 4. The Hall–Kier alpha value is -3.08. The zero-order chi connectivity index (χ0) is 27.1. The Bertz CT molecular complexity index is 1200. The van der Waals surface area contributed by atoms with Crippen molar-refractivity contribution in [2.75, 3.05) is 33.4 Å². The van der Waals surface area contributed by atoms with Gasteiger partial charge in [-0.3, -0.25) is 19.6 Å². The van der Waals surface area contributed by atoms with E-state index in [1.165, 1.54) is 13.2 Å². The second-order valence-electron chi connectivity index (χ2n) is 11.4. The molecule has 2 atom stereocenters. The van der Waals surface area contributed by atoms with Crippen molar-refractivity contribution in [3.63, 3.8) is 0 Å². The molecule has 0 aromatic carbocycles. The molecule has 4 heterocycles. The van der Waals surface area contributed by atoms with Gasteiger partial charge in [-0.25, -0.2) is 13.8 Å². The monoisotopic (exact) mass is 530 g/mol. The molecule has 0 unspecified atom stereocenters. The number of nitrogens with one attached hydrogen (secondary N) is 2. The number of alkyl halides is 1. The van der Waals surface area contributed by atoms with Crippen LogP contribution >= 0.6 is 0 Å². The molecule has 1 aliphatic carbocycles. The molecule has 5 rings (SSSR count). The van der Waals surface area contributed by atoms with Crippen molar-refractivity contribution in [1.82, 2.24) is 30.3 Å². The lowest BCUT2D eigenvalue weighted by atomic mass is 9.85. The lowest BCUT2D eigenvalue weighted by molar-refractivity contribution is -0.128. The van der Waals surface area contributed by atoms with Crippen LogP contribution in [0.1, 0.15) is 62.9 Å². The molecule has 206 valence electrons. The van der Waals surface area contributed by atoms with Crippen molar-refractivity contribution >= 4 is 11.8 Å². The lowest BCUT2D eigenvalue weighted by Gasteiger charge is -2.46. The van der Waals surface area contributed by atoms with Crippen molar-refractivity contribution in [2.24, 2.45) is 5.92 Å². The summed E-state index contributed by atoms with van der Waals surface area (Å²) in [5.74, 6) is -0.594. The number of likely N-dealkylation sites (tertiary alicyclic amines) is 2. The summed E-state index contributed by atoms with van der Waals surface area (Å²) in [5, 5.41) is 10.2. The number of carbonyl (C=O) groups is 2. The van der Waals surface area contributed by atoms with Gasteiger partial charge in [-0.05, 0) is 58.4 Å². The largest absolute Gasteiger partial charge is 0.481 e. The predicted molar refractivity (Wildman–Crippen MR) is 137 cm³/mol. The molecule has 2 aliphatic heterocycles. The van der Waals surface area contributed by atoms with E-state index >= 15 is 0 Å². The molecule has 2 aromatic heterocycles. The van der Waals surface area contributed by atoms with Crippen LogP contribution in [0, 0.1) is 11.7 Å². The van der Waals surface area contributed by atoms with Gasteiger partial charge in [0.25, 0.3) is 5.91 Å². The van der Waals surface area contributed by atoms with Crippen LogP contribution in [-0.2, 0) is 4.79 Å². The molecular weight excluding hydrogens is 494 g/mol. The van der Waals surface area contributed by atoms with Gasteiger partial charge in [-0.15, -0.1) is 0 Å². The normalized spacial score (nSPS) is 24.3. The van der Waals surface area contributed by atoms with Crippen LogP contribution in [0.15, 0.2) is 18.3 Å². The second-order valence-corrected chi connectivity index (χ2v) is 11.4. The Kier molecular flexibility index (Phi) is 7.15. The minimum Gasteiger partial charge on any atom is -0.481 e. The third-order valence-electron chi connectivity index (χ3n) is 8.52. The summed E-state index contributed by atoms with van der Waals surface area (Å²) < 4.78 is 32.3. The maximum atomic E-state index is 14.4. The first-order chi connectivity index (χ1) is 18.2. The second kappa shape index (κ2) is 10.2. The van der Waals surface area contributed by atoms with Crippen molar-refractivity contribution < 1.29 is 23.1 Å². The number of hydrogen-bond donors (Lipinski definition) is 2. The molecule has 1 saturated carbocycles. The van der Waals surface area contributed by atoms with Crippen molar-refractivity contribution in [2.45, 2.75) is 69.5 Å². The summed E-state index contributed by atoms with van der Waals surface area (Å²) >= 11 is 0. The Labute approximate surface area is 221 Å². The molecular formula is C27H36F2N6O3. The highest BCUT2D eigenvalue weighted by atomic mass is 19.1. The summed E-state index contributed by atoms with van der Waals surface area (Å²) in [7, 11) is 1.45. The van der Waals surface area contributed by atoms with E-state index in [1.54, 1.807) is 6.07 Å². The standard InChI is InChI=1S/C27H36F2N6O3/c1-26(2)15-18(5-9-34(26)11-8-28)31-24(36)17-4-10-35(27(14-17)6-7-27)25(37)22-13-21(32-33-22)19-12-23(38-3)30-16-20(19)29/h12-13,16-18H,4-11,14-15H2,1-3H3,(H,31,36)(H,32,33)/t17-,18+/m0/s1. The van der Waals surface area contributed by atoms with Gasteiger partial charge in [0, 0.05) is 54.3 Å². The van der Waals surface area contributed by atoms with Crippen molar-refractivity contribution in [3.8, 4) is 17.1 Å². The van der Waals surface area contributed by atoms with E-state index in [9.17, 15) is 18.4 Å². The number of amides is 2. The number of piperidine rings is 2. The first-order valence-corrected chi connectivity index (χ1v) is 13.3. The van der Waals surface area contributed by atoms with Crippen molar-refractivity contribution in [1.29, 1.82) is 0 Å². The summed E-state index contributed by atoms with van der Waals surface area (Å²) in [5.41, 5.74) is 0.292. The molecule has 0 bridgehead atoms. The number of H-pyrrole nitrogens is 1. The van der Waals surface area contributed by atoms with E-state index in [-0.39, 0.29) is 58.7 Å². The van der Waals surface area contributed by atoms with Gasteiger partial charge in [0.05, 0.1) is 19.0 Å². The highest BCUT2D eigenvalue weighted by Crippen LogP contribution is 2.50. The third-order valence-corrected chi connectivity index (χ3v) is 8.52. The SMILES string of the molecule is COc1cc(-c2cc(C(=O)N3CC[C@H](C(=O)N[C@@H]4CCN(CCF)C(C)(C)C4)CC34CC4)[nH]n2)c(F)cn1. The van der Waals surface area contributed by atoms with E-state index in [0.29, 0.717) is 31.6 Å². The minimum absolute atomic E-state index is 0.0500. The number of carbonyl (C=O) groups excluding carboxylic acids is 2. The molecule has 3 aliphatic rings. The summed E-state index contributed by atoms with van der Waals surface area (Å²) in [6, 6.07) is 3.06. The number of ether oxygens (including phenoxy) is 1. The van der Waals surface area contributed by atoms with Crippen molar-refractivity contribution in [3.05, 3.63) is 29.8 Å². The van der Waals surface area contributed by atoms with Crippen LogP contribution in [0.2, 0.25) is 0 Å². The highest BCUT2D eigenvalue weighted by Gasteiger charge is 2.55. The molecule has 0 radical (unpaired) electrons. The maximum absolute atomic E-state index is 14.4. The van der Waals surface area contributed by atoms with Gasteiger partial charge in [0.15, 0.2) is 5.82 Å². The fourth-order valence-corrected chi connectivity index (χ4v) is 6.20. The van der Waals surface area contributed by atoms with Crippen LogP contribution in [0.25, 0.3) is 11.3 Å². The number of halogens is 2. The third kappa shape index (κ3) is 5.12. The molecule has 1 spiro atoms. The van der Waals surface area contributed by atoms with Crippen LogP contribution < -0.4 is 10.1 Å². The molecule has 38 heavy (non-hydrogen) atoms. The Balaban J connectivity index is 1.22. The Morgan fingerprint density at radius 3 is 2.68 bits per heavy atom. The van der Waals surface area contributed by atoms with Gasteiger partial charge in [-0.1, -0.05) is 0 Å². The molecule has 2 saturated heterocycles. The highest BCUT2D eigenvalue weighted by molar-refractivity contribution is 5.94. The van der Waals surface area contributed by atoms with Crippen LogP contribution in [0.5, 0.6) is 5.88 Å². The average molecular weight is 531 g/mol. The molecule has 2 amide bonds. The maximum Gasteiger partial charge on any atom is 0.272 e. The first-order valence-electron chi connectivity index (χ1n) is 13.3.